The molecule has 122 valence electrons. The number of benzene rings is 1. The lowest BCUT2D eigenvalue weighted by molar-refractivity contribution is -0.314. The summed E-state index contributed by atoms with van der Waals surface area (Å²) in [5, 5.41) is 16.8. The lowest BCUT2D eigenvalue weighted by atomic mass is 9.78. The summed E-state index contributed by atoms with van der Waals surface area (Å²) in [5.41, 5.74) is 1.13. The van der Waals surface area contributed by atoms with Crippen molar-refractivity contribution in [3.63, 3.8) is 0 Å². The lowest BCUT2D eigenvalue weighted by Crippen LogP contribution is -2.43. The van der Waals surface area contributed by atoms with Crippen LogP contribution >= 0.6 is 0 Å². The van der Waals surface area contributed by atoms with E-state index in [9.17, 15) is 19.5 Å². The van der Waals surface area contributed by atoms with Crippen LogP contribution in [0, 0.1) is 23.7 Å². The van der Waals surface area contributed by atoms with Crippen molar-refractivity contribution in [3.05, 3.63) is 24.3 Å². The van der Waals surface area contributed by atoms with Crippen molar-refractivity contribution < 1.29 is 19.5 Å². The van der Waals surface area contributed by atoms with E-state index < -0.39 is 17.8 Å². The van der Waals surface area contributed by atoms with E-state index in [1.165, 1.54) is 6.92 Å². The van der Waals surface area contributed by atoms with Gasteiger partial charge in [-0.25, -0.2) is 0 Å². The van der Waals surface area contributed by atoms with Crippen LogP contribution < -0.4 is 15.7 Å². The molecule has 2 fully saturated rings. The molecule has 0 unspecified atom stereocenters. The summed E-state index contributed by atoms with van der Waals surface area (Å²) in [7, 11) is 0. The third kappa shape index (κ3) is 3.06. The zero-order valence-corrected chi connectivity index (χ0v) is 12.9. The predicted octanol–water partition coefficient (Wildman–Crippen LogP) is 0.996. The zero-order chi connectivity index (χ0) is 16.6. The van der Waals surface area contributed by atoms with Crippen molar-refractivity contribution >= 4 is 29.2 Å². The molecule has 6 nitrogen and oxygen atoms in total. The zero-order valence-electron chi connectivity index (χ0n) is 12.9. The van der Waals surface area contributed by atoms with Gasteiger partial charge < -0.3 is 20.5 Å². The van der Waals surface area contributed by atoms with Crippen LogP contribution in [0.1, 0.15) is 26.2 Å². The molecule has 0 radical (unpaired) electrons. The standard InChI is InChI=1S/C17H20N2O4/c1-9(20)18-12-3-2-4-13(8-12)19-16(21)14-10-5-6-11(7-10)15(14)17(22)23/h2-4,8,10-11,14-15H,5-7H2,1H3,(H,18,20)(H,19,21)(H,22,23)/p-1/t10-,11+,14+,15+/m1/s1. The number of carbonyl (C=O) groups excluding carboxylic acids is 3. The SMILES string of the molecule is CC(=O)Nc1cccc(NC(=O)[C@H]2[C@@H]3CC[C@@H](C3)[C@@H]2C(=O)[O-])c1. The average molecular weight is 315 g/mol. The molecule has 2 bridgehead atoms. The Bertz CT molecular complexity index is 658. The van der Waals surface area contributed by atoms with E-state index in [1.807, 2.05) is 0 Å². The maximum Gasteiger partial charge on any atom is 0.228 e. The van der Waals surface area contributed by atoms with Crippen LogP contribution in [0.2, 0.25) is 0 Å². The van der Waals surface area contributed by atoms with Gasteiger partial charge in [0.1, 0.15) is 0 Å². The van der Waals surface area contributed by atoms with Crippen molar-refractivity contribution in [2.75, 3.05) is 10.6 Å². The number of anilines is 2. The minimum absolute atomic E-state index is 0.0615. The number of aliphatic carboxylic acids is 1. The molecule has 4 atom stereocenters. The molecule has 2 aliphatic carbocycles. The normalized spacial score (nSPS) is 28.4. The molecule has 3 rings (SSSR count). The number of carbonyl (C=O) groups is 3. The van der Waals surface area contributed by atoms with Gasteiger partial charge in [-0.2, -0.15) is 0 Å². The Morgan fingerprint density at radius 2 is 1.65 bits per heavy atom. The molecule has 0 spiro atoms. The highest BCUT2D eigenvalue weighted by Gasteiger charge is 2.51. The van der Waals surface area contributed by atoms with Crippen LogP contribution in [-0.4, -0.2) is 17.8 Å². The Morgan fingerprint density at radius 1 is 1.04 bits per heavy atom. The molecule has 0 aromatic heterocycles. The largest absolute Gasteiger partial charge is 0.550 e. The lowest BCUT2D eigenvalue weighted by Gasteiger charge is -2.30. The van der Waals surface area contributed by atoms with Crippen molar-refractivity contribution in [1.82, 2.24) is 0 Å². The van der Waals surface area contributed by atoms with Crippen LogP contribution in [0.5, 0.6) is 0 Å². The van der Waals surface area contributed by atoms with Crippen molar-refractivity contribution in [3.8, 4) is 0 Å². The predicted molar refractivity (Wildman–Crippen MR) is 82.2 cm³/mol. The van der Waals surface area contributed by atoms with E-state index in [4.69, 9.17) is 0 Å². The number of carboxylic acid groups (broad SMARTS) is 1. The monoisotopic (exact) mass is 315 g/mol. The number of rotatable bonds is 4. The topological polar surface area (TPSA) is 98.3 Å². The Hall–Kier alpha value is -2.37. The molecule has 0 saturated heterocycles. The first-order valence-corrected chi connectivity index (χ1v) is 7.85. The van der Waals surface area contributed by atoms with Crippen LogP contribution in [-0.2, 0) is 14.4 Å². The highest BCUT2D eigenvalue weighted by molar-refractivity contribution is 5.97. The molecule has 1 aromatic rings. The Balaban J connectivity index is 1.74. The summed E-state index contributed by atoms with van der Waals surface area (Å²) >= 11 is 0. The van der Waals surface area contributed by atoms with E-state index in [2.05, 4.69) is 10.6 Å². The van der Waals surface area contributed by atoms with E-state index in [-0.39, 0.29) is 23.7 Å². The van der Waals surface area contributed by atoms with E-state index in [0.29, 0.717) is 11.4 Å². The highest BCUT2D eigenvalue weighted by atomic mass is 16.4. The average Bonchev–Trinajstić information content (AvgIpc) is 3.07. The first kappa shape index (κ1) is 15.5. The van der Waals surface area contributed by atoms with Gasteiger partial charge in [-0.3, -0.25) is 9.59 Å². The molecule has 6 heteroatoms. The van der Waals surface area contributed by atoms with Gasteiger partial charge in [-0.1, -0.05) is 6.07 Å². The van der Waals surface area contributed by atoms with Gasteiger partial charge in [0.2, 0.25) is 11.8 Å². The third-order valence-electron chi connectivity index (χ3n) is 4.94. The Labute approximate surface area is 134 Å². The number of hydrogen-bond acceptors (Lipinski definition) is 4. The van der Waals surface area contributed by atoms with Gasteiger partial charge in [0.15, 0.2) is 0 Å². The molecule has 2 aliphatic rings. The fraction of sp³-hybridized carbons (Fsp3) is 0.471. The van der Waals surface area contributed by atoms with Crippen LogP contribution in [0.3, 0.4) is 0 Å². The maximum atomic E-state index is 12.6. The number of nitrogens with one attached hydrogen (secondary N) is 2. The van der Waals surface area contributed by atoms with Gasteiger partial charge in [0, 0.05) is 36.1 Å². The summed E-state index contributed by atoms with van der Waals surface area (Å²) in [4.78, 5) is 35.0. The number of amides is 2. The molecule has 2 saturated carbocycles. The Kier molecular flexibility index (Phi) is 4.07. The summed E-state index contributed by atoms with van der Waals surface area (Å²) in [6.07, 6.45) is 2.56. The summed E-state index contributed by atoms with van der Waals surface area (Å²) in [6.45, 7) is 1.41. The van der Waals surface area contributed by atoms with Gasteiger partial charge in [-0.15, -0.1) is 0 Å². The molecule has 2 N–H and O–H groups in total. The quantitative estimate of drug-likeness (QED) is 0.866. The molecule has 2 amide bonds. The summed E-state index contributed by atoms with van der Waals surface area (Å²) in [6, 6.07) is 6.81. The van der Waals surface area contributed by atoms with E-state index in [1.54, 1.807) is 24.3 Å². The van der Waals surface area contributed by atoms with Gasteiger partial charge in [0.05, 0.1) is 0 Å². The molecular formula is C17H19N2O4-. The molecular weight excluding hydrogens is 296 g/mol. The fourth-order valence-corrected chi connectivity index (χ4v) is 4.11. The number of hydrogen-bond donors (Lipinski definition) is 2. The van der Waals surface area contributed by atoms with Crippen LogP contribution in [0.4, 0.5) is 11.4 Å². The number of carboxylic acids is 1. The third-order valence-corrected chi connectivity index (χ3v) is 4.94. The molecule has 1 aromatic carbocycles. The van der Waals surface area contributed by atoms with Crippen LogP contribution in [0.15, 0.2) is 24.3 Å². The second kappa shape index (κ2) is 6.02. The highest BCUT2D eigenvalue weighted by Crippen LogP contribution is 2.52. The van der Waals surface area contributed by atoms with Gasteiger partial charge in [0.25, 0.3) is 0 Å². The maximum absolute atomic E-state index is 12.6. The smallest absolute Gasteiger partial charge is 0.228 e. The second-order valence-electron chi connectivity index (χ2n) is 6.46. The number of fused-ring (bicyclic) bond motifs is 2. The summed E-state index contributed by atoms with van der Waals surface area (Å²) < 4.78 is 0. The Morgan fingerprint density at radius 3 is 2.26 bits per heavy atom. The minimum atomic E-state index is -1.12. The van der Waals surface area contributed by atoms with Gasteiger partial charge in [-0.05, 0) is 49.3 Å². The minimum Gasteiger partial charge on any atom is -0.550 e. The molecule has 0 heterocycles. The van der Waals surface area contributed by atoms with E-state index >= 15 is 0 Å². The van der Waals surface area contributed by atoms with Crippen molar-refractivity contribution in [2.45, 2.75) is 26.2 Å². The molecule has 0 aliphatic heterocycles. The van der Waals surface area contributed by atoms with Crippen molar-refractivity contribution in [2.24, 2.45) is 23.7 Å². The second-order valence-corrected chi connectivity index (χ2v) is 6.46. The fourth-order valence-electron chi connectivity index (χ4n) is 4.11. The van der Waals surface area contributed by atoms with Gasteiger partial charge >= 0.3 is 0 Å². The van der Waals surface area contributed by atoms with Crippen LogP contribution in [0.25, 0.3) is 0 Å². The van der Waals surface area contributed by atoms with E-state index in [0.717, 1.165) is 19.3 Å². The molecule has 23 heavy (non-hydrogen) atoms. The summed E-state index contributed by atoms with van der Waals surface area (Å²) in [5.74, 6) is -2.61. The first-order valence-electron chi connectivity index (χ1n) is 7.85. The van der Waals surface area contributed by atoms with Crippen molar-refractivity contribution in [1.29, 1.82) is 0 Å². The first-order chi connectivity index (χ1) is 11.0.